The number of para-hydroxylation sites is 3. The standard InChI is InChI=1S/C24H27FN4O4/c1-2-11-28-20-9-5-6-10-21(20)29(24(28)32)16-23(31)33-17-22(30)27-14-12-26(13-15-27)19-8-4-3-7-18(19)25/h3-10H,2,11-17H2,1H3. The number of nitrogens with zero attached hydrogens (tertiary/aromatic N) is 4. The van der Waals surface area contributed by atoms with Crippen LogP contribution in [0.5, 0.6) is 0 Å². The zero-order valence-corrected chi connectivity index (χ0v) is 18.6. The molecule has 1 saturated heterocycles. The Morgan fingerprint density at radius 3 is 2.24 bits per heavy atom. The maximum Gasteiger partial charge on any atom is 0.329 e. The normalized spacial score (nSPS) is 14.0. The van der Waals surface area contributed by atoms with Crippen molar-refractivity contribution in [2.75, 3.05) is 37.7 Å². The van der Waals surface area contributed by atoms with Gasteiger partial charge >= 0.3 is 11.7 Å². The summed E-state index contributed by atoms with van der Waals surface area (Å²) >= 11 is 0. The minimum atomic E-state index is -0.644. The van der Waals surface area contributed by atoms with Crippen LogP contribution in [0.3, 0.4) is 0 Å². The molecule has 9 heteroatoms. The molecule has 0 unspecified atom stereocenters. The first-order chi connectivity index (χ1) is 16.0. The van der Waals surface area contributed by atoms with E-state index in [1.165, 1.54) is 10.6 Å². The molecule has 4 rings (SSSR count). The van der Waals surface area contributed by atoms with Gasteiger partial charge in [-0.2, -0.15) is 0 Å². The molecule has 0 saturated carbocycles. The van der Waals surface area contributed by atoms with Gasteiger partial charge in [0.2, 0.25) is 0 Å². The Kier molecular flexibility index (Phi) is 6.76. The highest BCUT2D eigenvalue weighted by Crippen LogP contribution is 2.20. The van der Waals surface area contributed by atoms with Gasteiger partial charge in [-0.15, -0.1) is 0 Å². The van der Waals surface area contributed by atoms with Gasteiger partial charge in [-0.3, -0.25) is 18.7 Å². The number of halogens is 1. The van der Waals surface area contributed by atoms with Gasteiger partial charge < -0.3 is 14.5 Å². The van der Waals surface area contributed by atoms with Crippen LogP contribution in [-0.2, 0) is 27.4 Å². The summed E-state index contributed by atoms with van der Waals surface area (Å²) in [5.41, 5.74) is 1.67. The second-order valence-electron chi connectivity index (χ2n) is 7.99. The Bertz CT molecular complexity index is 1210. The van der Waals surface area contributed by atoms with E-state index in [0.717, 1.165) is 11.9 Å². The molecule has 0 radical (unpaired) electrons. The summed E-state index contributed by atoms with van der Waals surface area (Å²) in [5, 5.41) is 0. The van der Waals surface area contributed by atoms with Gasteiger partial charge in [-0.05, 0) is 30.7 Å². The highest BCUT2D eigenvalue weighted by atomic mass is 19.1. The van der Waals surface area contributed by atoms with E-state index in [2.05, 4.69) is 0 Å². The molecule has 1 amide bonds. The fraction of sp³-hybridized carbons (Fsp3) is 0.375. The van der Waals surface area contributed by atoms with Crippen LogP contribution >= 0.6 is 0 Å². The number of hydrogen-bond acceptors (Lipinski definition) is 5. The number of aryl methyl sites for hydroxylation is 1. The molecule has 1 aromatic heterocycles. The number of aromatic nitrogens is 2. The first-order valence-electron chi connectivity index (χ1n) is 11.1. The zero-order valence-electron chi connectivity index (χ0n) is 18.6. The lowest BCUT2D eigenvalue weighted by molar-refractivity contribution is -0.152. The van der Waals surface area contributed by atoms with Crippen molar-refractivity contribution in [1.82, 2.24) is 14.0 Å². The average Bonchev–Trinajstić information content (AvgIpc) is 3.09. The van der Waals surface area contributed by atoms with E-state index in [1.807, 2.05) is 30.0 Å². The number of carbonyl (C=O) groups excluding carboxylic acids is 2. The summed E-state index contributed by atoms with van der Waals surface area (Å²) < 4.78 is 22.2. The van der Waals surface area contributed by atoms with E-state index >= 15 is 0 Å². The van der Waals surface area contributed by atoms with Crippen molar-refractivity contribution in [3.05, 3.63) is 64.8 Å². The number of piperazine rings is 1. The topological polar surface area (TPSA) is 76.8 Å². The van der Waals surface area contributed by atoms with Gasteiger partial charge in [0.15, 0.2) is 6.61 Å². The smallest absolute Gasteiger partial charge is 0.329 e. The van der Waals surface area contributed by atoms with E-state index in [-0.39, 0.29) is 30.6 Å². The van der Waals surface area contributed by atoms with Crippen molar-refractivity contribution in [3.63, 3.8) is 0 Å². The second kappa shape index (κ2) is 9.89. The molecular formula is C24H27FN4O4. The molecule has 0 N–H and O–H groups in total. The molecule has 1 aliphatic rings. The highest BCUT2D eigenvalue weighted by molar-refractivity contribution is 5.82. The van der Waals surface area contributed by atoms with Crippen molar-refractivity contribution in [3.8, 4) is 0 Å². The van der Waals surface area contributed by atoms with Crippen LogP contribution in [0.2, 0.25) is 0 Å². The molecule has 0 spiro atoms. The van der Waals surface area contributed by atoms with E-state index in [9.17, 15) is 18.8 Å². The van der Waals surface area contributed by atoms with Crippen LogP contribution in [-0.4, -0.2) is 58.7 Å². The lowest BCUT2D eigenvalue weighted by Gasteiger charge is -2.36. The number of rotatable bonds is 7. The predicted molar refractivity (Wildman–Crippen MR) is 123 cm³/mol. The largest absolute Gasteiger partial charge is 0.454 e. The molecule has 2 aromatic carbocycles. The predicted octanol–water partition coefficient (Wildman–Crippen LogP) is 2.24. The zero-order chi connectivity index (χ0) is 23.4. The van der Waals surface area contributed by atoms with E-state index in [4.69, 9.17) is 4.74 Å². The molecule has 33 heavy (non-hydrogen) atoms. The molecule has 0 aliphatic carbocycles. The molecule has 174 valence electrons. The van der Waals surface area contributed by atoms with Crippen molar-refractivity contribution in [1.29, 1.82) is 0 Å². The number of fused-ring (bicyclic) bond motifs is 1. The van der Waals surface area contributed by atoms with Gasteiger partial charge in [0.25, 0.3) is 5.91 Å². The fourth-order valence-electron chi connectivity index (χ4n) is 4.18. The Labute approximate surface area is 190 Å². The van der Waals surface area contributed by atoms with Gasteiger partial charge in [0, 0.05) is 32.7 Å². The van der Waals surface area contributed by atoms with E-state index in [1.54, 1.807) is 33.7 Å². The van der Waals surface area contributed by atoms with Crippen LogP contribution in [0.25, 0.3) is 11.0 Å². The van der Waals surface area contributed by atoms with Gasteiger partial charge in [0.05, 0.1) is 16.7 Å². The summed E-state index contributed by atoms with van der Waals surface area (Å²) in [7, 11) is 0. The van der Waals surface area contributed by atoms with Crippen LogP contribution in [0, 0.1) is 5.82 Å². The molecular weight excluding hydrogens is 427 g/mol. The molecule has 1 fully saturated rings. The Morgan fingerprint density at radius 2 is 1.58 bits per heavy atom. The molecule has 3 aromatic rings. The Balaban J connectivity index is 1.33. The third-order valence-corrected chi connectivity index (χ3v) is 5.84. The number of hydrogen-bond donors (Lipinski definition) is 0. The molecule has 0 atom stereocenters. The van der Waals surface area contributed by atoms with Crippen molar-refractivity contribution >= 4 is 28.6 Å². The molecule has 2 heterocycles. The number of carbonyl (C=O) groups is 2. The van der Waals surface area contributed by atoms with Crippen LogP contribution in [0.4, 0.5) is 10.1 Å². The van der Waals surface area contributed by atoms with Crippen LogP contribution < -0.4 is 10.6 Å². The molecule has 0 bridgehead atoms. The van der Waals surface area contributed by atoms with Crippen molar-refractivity contribution < 1.29 is 18.7 Å². The second-order valence-corrected chi connectivity index (χ2v) is 7.99. The van der Waals surface area contributed by atoms with E-state index < -0.39 is 5.97 Å². The van der Waals surface area contributed by atoms with Crippen LogP contribution in [0.15, 0.2) is 53.3 Å². The lowest BCUT2D eigenvalue weighted by atomic mass is 10.2. The Morgan fingerprint density at radius 1 is 0.939 bits per heavy atom. The maximum atomic E-state index is 14.0. The number of imidazole rings is 1. The summed E-state index contributed by atoms with van der Waals surface area (Å²) in [6.45, 7) is 3.70. The third-order valence-electron chi connectivity index (χ3n) is 5.84. The third kappa shape index (κ3) is 4.76. The first kappa shape index (κ1) is 22.6. The number of benzene rings is 2. The summed E-state index contributed by atoms with van der Waals surface area (Å²) in [5.74, 6) is -1.24. The van der Waals surface area contributed by atoms with Crippen molar-refractivity contribution in [2.24, 2.45) is 0 Å². The average molecular weight is 455 g/mol. The molecule has 8 nitrogen and oxygen atoms in total. The number of esters is 1. The number of ether oxygens (including phenoxy) is 1. The summed E-state index contributed by atoms with van der Waals surface area (Å²) in [6.07, 6.45) is 0.789. The Hall–Kier alpha value is -3.62. The fourth-order valence-corrected chi connectivity index (χ4v) is 4.18. The van der Waals surface area contributed by atoms with Crippen molar-refractivity contribution in [2.45, 2.75) is 26.4 Å². The maximum absolute atomic E-state index is 14.0. The quantitative estimate of drug-likeness (QED) is 0.512. The van der Waals surface area contributed by atoms with E-state index in [0.29, 0.717) is 43.9 Å². The number of anilines is 1. The first-order valence-corrected chi connectivity index (χ1v) is 11.1. The van der Waals surface area contributed by atoms with Gasteiger partial charge in [-0.25, -0.2) is 9.18 Å². The van der Waals surface area contributed by atoms with Gasteiger partial charge in [0.1, 0.15) is 12.4 Å². The minimum Gasteiger partial charge on any atom is -0.454 e. The number of amides is 1. The highest BCUT2D eigenvalue weighted by Gasteiger charge is 2.24. The molecule has 1 aliphatic heterocycles. The monoisotopic (exact) mass is 454 g/mol. The SMILES string of the molecule is CCCn1c(=O)n(CC(=O)OCC(=O)N2CCN(c3ccccc3F)CC2)c2ccccc21. The summed E-state index contributed by atoms with van der Waals surface area (Å²) in [6, 6.07) is 13.8. The van der Waals surface area contributed by atoms with Gasteiger partial charge in [-0.1, -0.05) is 31.2 Å². The minimum absolute atomic E-state index is 0.260. The van der Waals surface area contributed by atoms with Crippen LogP contribution in [0.1, 0.15) is 13.3 Å². The lowest BCUT2D eigenvalue weighted by Crippen LogP contribution is -2.50. The summed E-state index contributed by atoms with van der Waals surface area (Å²) in [4.78, 5) is 41.2.